The summed E-state index contributed by atoms with van der Waals surface area (Å²) in [6.45, 7) is 3.03. The molecule has 0 saturated carbocycles. The average molecular weight is 975 g/mol. The number of thioether (sulfide) groups is 1. The largest absolute Gasteiger partial charge is 0.743 e. The van der Waals surface area contributed by atoms with Crippen molar-refractivity contribution in [1.29, 1.82) is 0 Å². The van der Waals surface area contributed by atoms with Gasteiger partial charge in [-0.2, -0.15) is 99.2 Å². The van der Waals surface area contributed by atoms with E-state index in [4.69, 9.17) is 9.29 Å². The SMILES string of the molecule is C1CCSC1.CCCCOc1ccc([S+]2CCCC2)c2ccccc12.O=S(=O)(O)C(F)(F)C(F)(F)C(F)(F)C(F)(F)F.O=S(=O)([O-])C(F)(F)C(F)(F)C(F)(F)C(F)(F)F. The Bertz CT molecular complexity index is 1790. The van der Waals surface area contributed by atoms with Crippen LogP contribution >= 0.6 is 11.8 Å². The summed E-state index contributed by atoms with van der Waals surface area (Å²) in [6.07, 6.45) is -6.27. The molecule has 29 heteroatoms. The predicted octanol–water partition coefficient (Wildman–Crippen LogP) is 10.6. The molecule has 1 N–H and O–H groups in total. The zero-order valence-electron chi connectivity index (χ0n) is 29.6. The highest BCUT2D eigenvalue weighted by molar-refractivity contribution is 7.99. The van der Waals surface area contributed by atoms with Crippen LogP contribution in [0, 0.1) is 0 Å². The maximum absolute atomic E-state index is 12.2. The Labute approximate surface area is 331 Å². The monoisotopic (exact) mass is 974 g/mol. The van der Waals surface area contributed by atoms with Crippen molar-refractivity contribution in [2.24, 2.45) is 0 Å². The van der Waals surface area contributed by atoms with Gasteiger partial charge in [-0.3, -0.25) is 4.55 Å². The lowest BCUT2D eigenvalue weighted by Crippen LogP contribution is -2.63. The first-order chi connectivity index (χ1) is 26.4. The molecule has 7 nitrogen and oxygen atoms in total. The summed E-state index contributed by atoms with van der Waals surface area (Å²) in [5.41, 5.74) is 0. The Kier molecular flexibility index (Phi) is 18.4. The Morgan fingerprint density at radius 3 is 1.42 bits per heavy atom. The van der Waals surface area contributed by atoms with Crippen LogP contribution in [0.1, 0.15) is 45.4 Å². The molecule has 344 valence electrons. The number of benzene rings is 2. The van der Waals surface area contributed by atoms with Crippen molar-refractivity contribution in [3.8, 4) is 5.75 Å². The zero-order valence-corrected chi connectivity index (χ0v) is 32.8. The molecule has 2 aliphatic rings. The van der Waals surface area contributed by atoms with Gasteiger partial charge in [0, 0.05) is 21.7 Å². The second-order valence-electron chi connectivity index (χ2n) is 12.0. The molecule has 2 aromatic carbocycles. The first-order valence-corrected chi connectivity index (χ1v) is 21.7. The van der Waals surface area contributed by atoms with Gasteiger partial charge in [-0.1, -0.05) is 31.5 Å². The molecular formula is C30H32F18O7S4. The van der Waals surface area contributed by atoms with Gasteiger partial charge in [-0.15, -0.1) is 0 Å². The van der Waals surface area contributed by atoms with Gasteiger partial charge in [-0.25, -0.2) is 8.42 Å². The van der Waals surface area contributed by atoms with E-state index in [-0.39, 0.29) is 0 Å². The first-order valence-electron chi connectivity index (χ1n) is 16.1. The number of fused-ring (bicyclic) bond motifs is 1. The van der Waals surface area contributed by atoms with Crippen molar-refractivity contribution in [3.05, 3.63) is 36.4 Å². The van der Waals surface area contributed by atoms with Crippen molar-refractivity contribution >= 4 is 53.7 Å². The average Bonchev–Trinajstić information content (AvgIpc) is 3.85. The van der Waals surface area contributed by atoms with Gasteiger partial charge < -0.3 is 9.29 Å². The van der Waals surface area contributed by atoms with E-state index in [0.717, 1.165) is 18.8 Å². The number of hydrogen-bond donors (Lipinski definition) is 1. The van der Waals surface area contributed by atoms with E-state index in [0.29, 0.717) is 10.9 Å². The van der Waals surface area contributed by atoms with Gasteiger partial charge in [0.1, 0.15) is 17.3 Å². The lowest BCUT2D eigenvalue weighted by Gasteiger charge is -2.34. The van der Waals surface area contributed by atoms with Crippen molar-refractivity contribution in [2.45, 2.75) is 96.9 Å². The van der Waals surface area contributed by atoms with Crippen molar-refractivity contribution in [3.63, 3.8) is 0 Å². The quantitative estimate of drug-likeness (QED) is 0.102. The van der Waals surface area contributed by atoms with Crippen LogP contribution in [-0.4, -0.2) is 102 Å². The Balaban J connectivity index is 0.000000418. The predicted molar refractivity (Wildman–Crippen MR) is 179 cm³/mol. The van der Waals surface area contributed by atoms with Gasteiger partial charge in [0.05, 0.1) is 6.61 Å². The number of hydrogen-bond acceptors (Lipinski definition) is 7. The number of alkyl halides is 18. The van der Waals surface area contributed by atoms with Gasteiger partial charge >= 0.3 is 56.7 Å². The van der Waals surface area contributed by atoms with Crippen LogP contribution in [0.15, 0.2) is 41.3 Å². The van der Waals surface area contributed by atoms with Crippen molar-refractivity contribution in [2.75, 3.05) is 29.6 Å². The molecule has 2 fully saturated rings. The van der Waals surface area contributed by atoms with Gasteiger partial charge in [0.2, 0.25) is 0 Å². The van der Waals surface area contributed by atoms with Crippen molar-refractivity contribution < 1.29 is 110 Å². The molecule has 0 unspecified atom stereocenters. The van der Waals surface area contributed by atoms with Crippen LogP contribution in [0.25, 0.3) is 10.8 Å². The maximum atomic E-state index is 12.2. The first kappa shape index (κ1) is 54.8. The molecule has 0 aromatic heterocycles. The minimum absolute atomic E-state index is 0.464. The molecule has 2 aromatic rings. The third-order valence-corrected chi connectivity index (χ3v) is 13.1. The normalized spacial score (nSPS) is 16.7. The van der Waals surface area contributed by atoms with Crippen LogP contribution < -0.4 is 4.74 Å². The fraction of sp³-hybridized carbons (Fsp3) is 0.667. The second kappa shape index (κ2) is 19.9. The van der Waals surface area contributed by atoms with Gasteiger partial charge in [-0.05, 0) is 61.8 Å². The maximum Gasteiger partial charge on any atom is 0.460 e. The summed E-state index contributed by atoms with van der Waals surface area (Å²) in [5, 5.41) is -11.4. The summed E-state index contributed by atoms with van der Waals surface area (Å²) in [7, 11) is -14.1. The number of rotatable bonds is 11. The molecular weight excluding hydrogens is 943 g/mol. The number of halogens is 18. The fourth-order valence-corrected chi connectivity index (χ4v) is 8.79. The summed E-state index contributed by atoms with van der Waals surface area (Å²) in [4.78, 5) is 1.56. The van der Waals surface area contributed by atoms with E-state index in [9.17, 15) is 100 Å². The van der Waals surface area contributed by atoms with Crippen LogP contribution in [0.2, 0.25) is 0 Å². The summed E-state index contributed by atoms with van der Waals surface area (Å²) >= 11 is 2.07. The van der Waals surface area contributed by atoms with Gasteiger partial charge in [0.15, 0.2) is 15.0 Å². The lowest BCUT2D eigenvalue weighted by atomic mass is 10.1. The number of unbranched alkanes of at least 4 members (excludes halogenated alkanes) is 1. The standard InChI is InChI=1S/C18H23OS.2C4HF9O3S.C4H8S/c1-2-3-12-19-17-10-11-18(20-13-6-7-14-20)16-9-5-4-8-15(16)17;2*5-1(6,3(9,10)11)2(7,8)4(12,13)17(14,15)16;1-2-4-5-3-1/h4-5,8-11H,2-3,6-7,12-14H2,1H3;2*(H,14,15,16);1-4H2/q+1;;;/p-1. The third kappa shape index (κ3) is 12.2. The van der Waals surface area contributed by atoms with Gasteiger partial charge in [0.25, 0.3) is 0 Å². The van der Waals surface area contributed by atoms with E-state index >= 15 is 0 Å². The zero-order chi connectivity index (χ0) is 46.3. The number of ether oxygens (including phenoxy) is 1. The summed E-state index contributed by atoms with van der Waals surface area (Å²) < 4.78 is 275. The molecule has 2 aliphatic heterocycles. The van der Waals surface area contributed by atoms with E-state index in [1.807, 2.05) is 0 Å². The molecule has 0 spiro atoms. The summed E-state index contributed by atoms with van der Waals surface area (Å²) in [5.74, 6) is -22.9. The smallest absolute Gasteiger partial charge is 0.460 e. The van der Waals surface area contributed by atoms with E-state index in [1.54, 1.807) is 4.90 Å². The van der Waals surface area contributed by atoms with Crippen LogP contribution in [0.5, 0.6) is 5.75 Å². The second-order valence-corrected chi connectivity index (χ2v) is 18.3. The Morgan fingerprint density at radius 2 is 1.07 bits per heavy atom. The molecule has 0 bridgehead atoms. The molecule has 4 rings (SSSR count). The molecule has 0 radical (unpaired) electrons. The van der Waals surface area contributed by atoms with E-state index < -0.39 is 66.8 Å². The topological polar surface area (TPSA) is 121 Å². The van der Waals surface area contributed by atoms with Crippen LogP contribution in [0.4, 0.5) is 79.0 Å². The van der Waals surface area contributed by atoms with E-state index in [2.05, 4.69) is 55.1 Å². The third-order valence-electron chi connectivity index (χ3n) is 7.64. The Morgan fingerprint density at radius 1 is 0.644 bits per heavy atom. The fourth-order valence-electron chi connectivity index (χ4n) is 4.37. The van der Waals surface area contributed by atoms with E-state index in [1.165, 1.54) is 65.9 Å². The minimum atomic E-state index is -7.43. The minimum Gasteiger partial charge on any atom is -0.743 e. The van der Waals surface area contributed by atoms with Crippen LogP contribution in [0.3, 0.4) is 0 Å². The molecule has 59 heavy (non-hydrogen) atoms. The molecule has 0 atom stereocenters. The highest BCUT2D eigenvalue weighted by Crippen LogP contribution is 2.55. The molecule has 2 saturated heterocycles. The Hall–Kier alpha value is -2.24. The highest BCUT2D eigenvalue weighted by atomic mass is 32.2. The molecule has 0 aliphatic carbocycles. The summed E-state index contributed by atoms with van der Waals surface area (Å²) in [6, 6.07) is 13.3. The molecule has 0 amide bonds. The van der Waals surface area contributed by atoms with Crippen molar-refractivity contribution in [1.82, 2.24) is 0 Å². The highest BCUT2D eigenvalue weighted by Gasteiger charge is 2.86. The van der Waals surface area contributed by atoms with Crippen LogP contribution in [-0.2, 0) is 31.1 Å². The lowest BCUT2D eigenvalue weighted by molar-refractivity contribution is -0.382. The molecule has 2 heterocycles.